The summed E-state index contributed by atoms with van der Waals surface area (Å²) in [6.45, 7) is 3.75. The molecule has 0 aliphatic heterocycles. The number of fused-ring (bicyclic) bond motifs is 1. The van der Waals surface area contributed by atoms with Gasteiger partial charge in [-0.05, 0) is 31.5 Å². The molecule has 1 aromatic heterocycles. The fourth-order valence-electron chi connectivity index (χ4n) is 2.47. The van der Waals surface area contributed by atoms with Crippen molar-refractivity contribution in [3.63, 3.8) is 0 Å². The van der Waals surface area contributed by atoms with Gasteiger partial charge < -0.3 is 4.74 Å². The fourth-order valence-corrected chi connectivity index (χ4v) is 4.12. The molecule has 0 bridgehead atoms. The van der Waals surface area contributed by atoms with E-state index in [9.17, 15) is 18.4 Å². The molecule has 0 spiro atoms. The Bertz CT molecular complexity index is 823. The van der Waals surface area contributed by atoms with Gasteiger partial charge >= 0.3 is 0 Å². The molecule has 1 amide bonds. The first-order valence-electron chi connectivity index (χ1n) is 7.93. The van der Waals surface area contributed by atoms with Crippen LogP contribution in [0.1, 0.15) is 25.8 Å². The number of para-hydroxylation sites is 1. The highest BCUT2D eigenvalue weighted by Crippen LogP contribution is 2.19. The van der Waals surface area contributed by atoms with E-state index < -0.39 is 15.2 Å². The van der Waals surface area contributed by atoms with Crippen LogP contribution < -0.4 is 0 Å². The van der Waals surface area contributed by atoms with Crippen molar-refractivity contribution in [3.8, 4) is 0 Å². The Hall–Kier alpha value is -2.03. The molecule has 8 heteroatoms. The van der Waals surface area contributed by atoms with Crippen LogP contribution >= 0.6 is 0 Å². The van der Waals surface area contributed by atoms with Gasteiger partial charge in [0.05, 0.1) is 17.4 Å². The molecule has 136 valence electrons. The number of carbonyl (C=O) groups excluding carboxylic acids is 1. The van der Waals surface area contributed by atoms with Crippen molar-refractivity contribution in [2.75, 3.05) is 6.61 Å². The maximum Gasteiger partial charge on any atom is 0.234 e. The third kappa shape index (κ3) is 5.22. The van der Waals surface area contributed by atoms with E-state index in [0.717, 1.165) is 10.9 Å². The van der Waals surface area contributed by atoms with Crippen LogP contribution in [0, 0.1) is 0 Å². The lowest BCUT2D eigenvalue weighted by Gasteiger charge is -2.23. The third-order valence-electron chi connectivity index (χ3n) is 3.65. The summed E-state index contributed by atoms with van der Waals surface area (Å²) in [6, 6.07) is 9.11. The van der Waals surface area contributed by atoms with Gasteiger partial charge in [0.25, 0.3) is 0 Å². The number of aromatic nitrogens is 1. The summed E-state index contributed by atoms with van der Waals surface area (Å²) in [5.41, 5.74) is 1.26. The van der Waals surface area contributed by atoms with E-state index >= 15 is 0 Å². The number of carbonyl (C=O) groups is 1. The minimum absolute atomic E-state index is 0.0171. The second-order valence-corrected chi connectivity index (χ2v) is 8.15. The molecular weight excluding hydrogens is 344 g/mol. The van der Waals surface area contributed by atoms with Crippen molar-refractivity contribution < 1.29 is 23.2 Å². The summed E-state index contributed by atoms with van der Waals surface area (Å²) >= 11 is 0. The van der Waals surface area contributed by atoms with Gasteiger partial charge in [-0.15, -0.1) is 0 Å². The number of amides is 1. The molecule has 2 aromatic rings. The standard InChI is InChI=1S/C17H22N2O5S/c1-13(2)24-8-7-17(19(21)12-20)25(22,23)11-14-9-15-5-3-4-6-16(15)18-10-14/h3-6,9-10,12-13,17,21H,7-8,11H2,1-2H3. The molecule has 1 atom stereocenters. The molecule has 1 unspecified atom stereocenters. The molecule has 1 heterocycles. The molecule has 0 saturated carbocycles. The Kier molecular flexibility index (Phi) is 6.46. The number of nitrogens with zero attached hydrogens (tertiary/aromatic N) is 2. The molecule has 2 rings (SSSR count). The second kappa shape index (κ2) is 8.37. The fraction of sp³-hybridized carbons (Fsp3) is 0.412. The Morgan fingerprint density at radius 1 is 1.32 bits per heavy atom. The van der Waals surface area contributed by atoms with Crippen molar-refractivity contribution in [2.45, 2.75) is 37.5 Å². The topological polar surface area (TPSA) is 96.8 Å². The zero-order valence-electron chi connectivity index (χ0n) is 14.2. The molecule has 7 nitrogen and oxygen atoms in total. The Balaban J connectivity index is 2.20. The van der Waals surface area contributed by atoms with E-state index in [1.54, 1.807) is 6.07 Å². The average Bonchev–Trinajstić information content (AvgIpc) is 2.57. The number of hydrogen-bond acceptors (Lipinski definition) is 6. The lowest BCUT2D eigenvalue weighted by molar-refractivity contribution is -0.154. The molecule has 1 aromatic carbocycles. The number of sulfone groups is 1. The van der Waals surface area contributed by atoms with Crippen LogP contribution in [0.15, 0.2) is 36.5 Å². The highest BCUT2D eigenvalue weighted by molar-refractivity contribution is 7.91. The molecule has 0 radical (unpaired) electrons. The SMILES string of the molecule is CC(C)OCCC(N(O)C=O)S(=O)(=O)Cc1cnc2ccccc2c1. The number of benzene rings is 1. The minimum atomic E-state index is -3.83. The monoisotopic (exact) mass is 366 g/mol. The van der Waals surface area contributed by atoms with E-state index in [1.165, 1.54) is 6.20 Å². The van der Waals surface area contributed by atoms with Crippen LogP contribution in [-0.2, 0) is 25.1 Å². The summed E-state index contributed by atoms with van der Waals surface area (Å²) in [7, 11) is -3.83. The van der Waals surface area contributed by atoms with Crippen molar-refractivity contribution in [2.24, 2.45) is 0 Å². The molecule has 0 aliphatic carbocycles. The first-order valence-corrected chi connectivity index (χ1v) is 9.64. The predicted molar refractivity (Wildman–Crippen MR) is 93.5 cm³/mol. The van der Waals surface area contributed by atoms with E-state index in [-0.39, 0.29) is 36.4 Å². The largest absolute Gasteiger partial charge is 0.379 e. The highest BCUT2D eigenvalue weighted by Gasteiger charge is 2.30. The number of hydroxylamine groups is 2. The molecular formula is C17H22N2O5S. The van der Waals surface area contributed by atoms with Crippen molar-refractivity contribution in [1.82, 2.24) is 10.0 Å². The van der Waals surface area contributed by atoms with E-state index in [0.29, 0.717) is 5.56 Å². The van der Waals surface area contributed by atoms with Crippen LogP contribution in [-0.4, -0.2) is 48.2 Å². The van der Waals surface area contributed by atoms with E-state index in [1.807, 2.05) is 38.1 Å². The molecule has 0 fully saturated rings. The van der Waals surface area contributed by atoms with Crippen molar-refractivity contribution >= 4 is 27.2 Å². The van der Waals surface area contributed by atoms with Gasteiger partial charge in [0.1, 0.15) is 0 Å². The Morgan fingerprint density at radius 2 is 2.04 bits per heavy atom. The Morgan fingerprint density at radius 3 is 2.72 bits per heavy atom. The molecule has 0 saturated heterocycles. The smallest absolute Gasteiger partial charge is 0.234 e. The van der Waals surface area contributed by atoms with Crippen LogP contribution in [0.3, 0.4) is 0 Å². The van der Waals surface area contributed by atoms with Gasteiger partial charge in [-0.3, -0.25) is 15.0 Å². The van der Waals surface area contributed by atoms with Crippen LogP contribution in [0.4, 0.5) is 0 Å². The van der Waals surface area contributed by atoms with E-state index in [4.69, 9.17) is 4.74 Å². The average molecular weight is 366 g/mol. The number of pyridine rings is 1. The van der Waals surface area contributed by atoms with E-state index in [2.05, 4.69) is 4.98 Å². The lowest BCUT2D eigenvalue weighted by Crippen LogP contribution is -2.39. The summed E-state index contributed by atoms with van der Waals surface area (Å²) < 4.78 is 30.7. The van der Waals surface area contributed by atoms with Crippen LogP contribution in [0.5, 0.6) is 0 Å². The highest BCUT2D eigenvalue weighted by atomic mass is 32.2. The van der Waals surface area contributed by atoms with Gasteiger partial charge in [-0.1, -0.05) is 18.2 Å². The molecule has 1 N–H and O–H groups in total. The van der Waals surface area contributed by atoms with Gasteiger partial charge in [0.2, 0.25) is 6.41 Å². The minimum Gasteiger partial charge on any atom is -0.379 e. The maximum absolute atomic E-state index is 12.7. The quantitative estimate of drug-likeness (QED) is 0.415. The zero-order valence-corrected chi connectivity index (χ0v) is 15.0. The number of hydrogen-bond donors (Lipinski definition) is 1. The molecule has 25 heavy (non-hydrogen) atoms. The van der Waals surface area contributed by atoms with Crippen molar-refractivity contribution in [3.05, 3.63) is 42.1 Å². The number of rotatable bonds is 9. The van der Waals surface area contributed by atoms with Gasteiger partial charge in [-0.25, -0.2) is 13.5 Å². The first-order chi connectivity index (χ1) is 11.8. The van der Waals surface area contributed by atoms with Crippen LogP contribution in [0.25, 0.3) is 10.9 Å². The summed E-state index contributed by atoms with van der Waals surface area (Å²) in [5.74, 6) is -0.331. The van der Waals surface area contributed by atoms with Gasteiger partial charge in [0.15, 0.2) is 15.2 Å². The number of ether oxygens (including phenoxy) is 1. The maximum atomic E-state index is 12.7. The predicted octanol–water partition coefficient (Wildman–Crippen LogP) is 2.14. The Labute approximate surface area is 147 Å². The van der Waals surface area contributed by atoms with Gasteiger partial charge in [-0.2, -0.15) is 0 Å². The van der Waals surface area contributed by atoms with Gasteiger partial charge in [0, 0.05) is 24.6 Å². The summed E-state index contributed by atoms with van der Waals surface area (Å²) in [4.78, 5) is 15.1. The molecule has 0 aliphatic rings. The zero-order chi connectivity index (χ0) is 18.4. The third-order valence-corrected chi connectivity index (χ3v) is 5.67. The summed E-state index contributed by atoms with van der Waals surface area (Å²) in [6.07, 6.45) is 1.49. The van der Waals surface area contributed by atoms with Crippen LogP contribution in [0.2, 0.25) is 0 Å². The lowest BCUT2D eigenvalue weighted by atomic mass is 10.2. The normalized spacial score (nSPS) is 13.1. The summed E-state index contributed by atoms with van der Waals surface area (Å²) in [5, 5.41) is 9.33. The second-order valence-electron chi connectivity index (χ2n) is 5.99. The first kappa shape index (κ1) is 19.3. The van der Waals surface area contributed by atoms with Crippen molar-refractivity contribution in [1.29, 1.82) is 0 Å².